The quantitative estimate of drug-likeness (QED) is 0.827. The van der Waals surface area contributed by atoms with Crippen LogP contribution < -0.4 is 4.74 Å². The Bertz CT molecular complexity index is 458. The van der Waals surface area contributed by atoms with Crippen LogP contribution >= 0.6 is 0 Å². The number of aryl methyl sites for hydroxylation is 2. The number of carbonyl (C=O) groups excluding carboxylic acids is 1. The molecule has 0 unspecified atom stereocenters. The van der Waals surface area contributed by atoms with Crippen LogP contribution in [0, 0.1) is 19.8 Å². The van der Waals surface area contributed by atoms with Crippen LogP contribution in [0.3, 0.4) is 0 Å². The monoisotopic (exact) mass is 289 g/mol. The summed E-state index contributed by atoms with van der Waals surface area (Å²) in [6, 6.07) is 6.21. The maximum Gasteiger partial charge on any atom is 0.225 e. The van der Waals surface area contributed by atoms with E-state index in [1.165, 1.54) is 30.4 Å². The maximum absolute atomic E-state index is 12.3. The van der Waals surface area contributed by atoms with E-state index in [4.69, 9.17) is 4.74 Å². The van der Waals surface area contributed by atoms with Crippen LogP contribution in [-0.2, 0) is 4.79 Å². The van der Waals surface area contributed by atoms with Crippen molar-refractivity contribution in [2.75, 3.05) is 20.2 Å². The highest BCUT2D eigenvalue weighted by Crippen LogP contribution is 2.25. The summed E-state index contributed by atoms with van der Waals surface area (Å²) >= 11 is 0. The number of hydrogen-bond donors (Lipinski definition) is 0. The molecule has 2 rings (SSSR count). The lowest BCUT2D eigenvalue weighted by Crippen LogP contribution is -2.36. The molecule has 0 saturated heterocycles. The van der Waals surface area contributed by atoms with Gasteiger partial charge in [-0.05, 0) is 49.9 Å². The molecule has 0 spiro atoms. The molecule has 1 aliphatic carbocycles. The van der Waals surface area contributed by atoms with Crippen LogP contribution in [0.2, 0.25) is 0 Å². The average Bonchev–Trinajstić information content (AvgIpc) is 2.46. The Hall–Kier alpha value is -1.51. The summed E-state index contributed by atoms with van der Waals surface area (Å²) in [5.41, 5.74) is 2.41. The molecule has 116 valence electrons. The molecule has 3 nitrogen and oxygen atoms in total. The van der Waals surface area contributed by atoms with Gasteiger partial charge in [0.05, 0.1) is 6.54 Å². The van der Waals surface area contributed by atoms with Gasteiger partial charge < -0.3 is 9.64 Å². The molecule has 0 heterocycles. The van der Waals surface area contributed by atoms with E-state index in [0.29, 0.717) is 19.1 Å². The molecule has 0 aliphatic heterocycles. The zero-order chi connectivity index (χ0) is 15.2. The molecule has 1 amide bonds. The fourth-order valence-electron chi connectivity index (χ4n) is 3.09. The second-order valence-electron chi connectivity index (χ2n) is 6.27. The first-order valence-corrected chi connectivity index (χ1v) is 8.02. The van der Waals surface area contributed by atoms with Gasteiger partial charge in [-0.25, -0.2) is 0 Å². The van der Waals surface area contributed by atoms with Crippen molar-refractivity contribution in [2.45, 2.75) is 46.0 Å². The second-order valence-corrected chi connectivity index (χ2v) is 6.27. The Kier molecular flexibility index (Phi) is 5.66. The zero-order valence-corrected chi connectivity index (χ0v) is 13.5. The fraction of sp³-hybridized carbons (Fsp3) is 0.611. The largest absolute Gasteiger partial charge is 0.492 e. The molecule has 1 fully saturated rings. The topological polar surface area (TPSA) is 29.5 Å². The minimum absolute atomic E-state index is 0.241. The van der Waals surface area contributed by atoms with Gasteiger partial charge in [-0.2, -0.15) is 0 Å². The van der Waals surface area contributed by atoms with E-state index in [2.05, 4.69) is 19.9 Å². The summed E-state index contributed by atoms with van der Waals surface area (Å²) in [6.45, 7) is 5.34. The Morgan fingerprint density at radius 3 is 2.38 bits per heavy atom. The van der Waals surface area contributed by atoms with Gasteiger partial charge in [-0.15, -0.1) is 0 Å². The summed E-state index contributed by atoms with van der Waals surface area (Å²) in [5.74, 6) is 1.43. The number of benzene rings is 1. The SMILES string of the molecule is Cc1cc(C)cc(OCCN(C)C(=O)C2CCCCC2)c1. The highest BCUT2D eigenvalue weighted by Gasteiger charge is 2.23. The van der Waals surface area contributed by atoms with Crippen molar-refractivity contribution in [3.05, 3.63) is 29.3 Å². The normalized spacial score (nSPS) is 15.8. The Morgan fingerprint density at radius 2 is 1.76 bits per heavy atom. The first kappa shape index (κ1) is 15.9. The molecule has 0 bridgehead atoms. The van der Waals surface area contributed by atoms with Crippen molar-refractivity contribution >= 4 is 5.91 Å². The van der Waals surface area contributed by atoms with E-state index in [1.807, 2.05) is 24.1 Å². The number of nitrogens with zero attached hydrogens (tertiary/aromatic N) is 1. The number of likely N-dealkylation sites (N-methyl/N-ethyl adjacent to an activating group) is 1. The summed E-state index contributed by atoms with van der Waals surface area (Å²) in [5, 5.41) is 0. The molecule has 3 heteroatoms. The molecule has 0 atom stereocenters. The smallest absolute Gasteiger partial charge is 0.225 e. The predicted molar refractivity (Wildman–Crippen MR) is 85.6 cm³/mol. The van der Waals surface area contributed by atoms with Crippen molar-refractivity contribution in [1.82, 2.24) is 4.90 Å². The van der Waals surface area contributed by atoms with Crippen LogP contribution in [0.1, 0.15) is 43.2 Å². The van der Waals surface area contributed by atoms with Crippen molar-refractivity contribution in [3.8, 4) is 5.75 Å². The molecular weight excluding hydrogens is 262 g/mol. The van der Waals surface area contributed by atoms with E-state index in [-0.39, 0.29) is 5.92 Å². The van der Waals surface area contributed by atoms with Gasteiger partial charge in [-0.1, -0.05) is 25.3 Å². The maximum atomic E-state index is 12.3. The Morgan fingerprint density at radius 1 is 1.14 bits per heavy atom. The van der Waals surface area contributed by atoms with Crippen molar-refractivity contribution in [3.63, 3.8) is 0 Å². The van der Waals surface area contributed by atoms with Crippen molar-refractivity contribution in [1.29, 1.82) is 0 Å². The number of carbonyl (C=O) groups is 1. The highest BCUT2D eigenvalue weighted by molar-refractivity contribution is 5.78. The summed E-state index contributed by atoms with van der Waals surface area (Å²) in [6.07, 6.45) is 5.79. The lowest BCUT2D eigenvalue weighted by Gasteiger charge is -2.26. The molecule has 21 heavy (non-hydrogen) atoms. The summed E-state index contributed by atoms with van der Waals surface area (Å²) in [7, 11) is 1.89. The van der Waals surface area contributed by atoms with Gasteiger partial charge in [-0.3, -0.25) is 4.79 Å². The molecule has 1 saturated carbocycles. The zero-order valence-electron chi connectivity index (χ0n) is 13.5. The van der Waals surface area contributed by atoms with Gasteiger partial charge in [0.25, 0.3) is 0 Å². The van der Waals surface area contributed by atoms with Crippen LogP contribution in [-0.4, -0.2) is 31.0 Å². The first-order chi connectivity index (χ1) is 10.1. The molecule has 1 aromatic carbocycles. The minimum atomic E-state index is 0.241. The summed E-state index contributed by atoms with van der Waals surface area (Å²) in [4.78, 5) is 14.2. The van der Waals surface area contributed by atoms with Crippen molar-refractivity contribution in [2.24, 2.45) is 5.92 Å². The standard InChI is InChI=1S/C18H27NO2/c1-14-11-15(2)13-17(12-14)21-10-9-19(3)18(20)16-7-5-4-6-8-16/h11-13,16H,4-10H2,1-3H3. The lowest BCUT2D eigenvalue weighted by molar-refractivity contribution is -0.135. The van der Waals surface area contributed by atoms with Gasteiger partial charge in [0.1, 0.15) is 12.4 Å². The molecule has 0 N–H and O–H groups in total. The molecule has 0 aromatic heterocycles. The Balaban J connectivity index is 1.78. The third kappa shape index (κ3) is 4.76. The van der Waals surface area contributed by atoms with Crippen LogP contribution in [0.4, 0.5) is 0 Å². The molecule has 1 aromatic rings. The van der Waals surface area contributed by atoms with Crippen LogP contribution in [0.25, 0.3) is 0 Å². The third-order valence-corrected chi connectivity index (χ3v) is 4.22. The fourth-order valence-corrected chi connectivity index (χ4v) is 3.09. The molecule has 1 aliphatic rings. The molecular formula is C18H27NO2. The highest BCUT2D eigenvalue weighted by atomic mass is 16.5. The van der Waals surface area contributed by atoms with Crippen molar-refractivity contribution < 1.29 is 9.53 Å². The Labute approximate surface area is 128 Å². The van der Waals surface area contributed by atoms with E-state index in [9.17, 15) is 4.79 Å². The van der Waals surface area contributed by atoms with Crippen LogP contribution in [0.15, 0.2) is 18.2 Å². The number of ether oxygens (including phenoxy) is 1. The first-order valence-electron chi connectivity index (χ1n) is 8.02. The van der Waals surface area contributed by atoms with Gasteiger partial charge in [0.2, 0.25) is 5.91 Å². The van der Waals surface area contributed by atoms with E-state index < -0.39 is 0 Å². The average molecular weight is 289 g/mol. The van der Waals surface area contributed by atoms with Gasteiger partial charge in [0.15, 0.2) is 0 Å². The van der Waals surface area contributed by atoms with E-state index in [1.54, 1.807) is 0 Å². The summed E-state index contributed by atoms with van der Waals surface area (Å²) < 4.78 is 5.78. The number of hydrogen-bond acceptors (Lipinski definition) is 2. The predicted octanol–water partition coefficient (Wildman–Crippen LogP) is 3.72. The van der Waals surface area contributed by atoms with E-state index >= 15 is 0 Å². The van der Waals surface area contributed by atoms with Gasteiger partial charge >= 0.3 is 0 Å². The van der Waals surface area contributed by atoms with E-state index in [0.717, 1.165) is 18.6 Å². The minimum Gasteiger partial charge on any atom is -0.492 e. The van der Waals surface area contributed by atoms with Crippen LogP contribution in [0.5, 0.6) is 5.75 Å². The van der Waals surface area contributed by atoms with Gasteiger partial charge in [0, 0.05) is 13.0 Å². The molecule has 0 radical (unpaired) electrons. The third-order valence-electron chi connectivity index (χ3n) is 4.22. The number of rotatable bonds is 5. The number of amides is 1. The lowest BCUT2D eigenvalue weighted by atomic mass is 9.88. The second kappa shape index (κ2) is 7.48.